The van der Waals surface area contributed by atoms with Gasteiger partial charge in [0.1, 0.15) is 0 Å². The average molecular weight is 331 g/mol. The number of hydrogen-bond acceptors (Lipinski definition) is 0. The van der Waals surface area contributed by atoms with E-state index in [9.17, 15) is 0 Å². The first-order valence-electron chi connectivity index (χ1n) is 10.1. The van der Waals surface area contributed by atoms with E-state index in [0.717, 1.165) is 35.5 Å². The van der Waals surface area contributed by atoms with Gasteiger partial charge in [0, 0.05) is 0 Å². The van der Waals surface area contributed by atoms with Gasteiger partial charge in [-0.15, -0.1) is 11.1 Å². The zero-order valence-corrected chi connectivity index (χ0v) is 17.0. The molecule has 0 radical (unpaired) electrons. The molecule has 3 aliphatic carbocycles. The van der Waals surface area contributed by atoms with E-state index in [1.54, 1.807) is 5.57 Å². The monoisotopic (exact) mass is 330 g/mol. The predicted octanol–water partition coefficient (Wildman–Crippen LogP) is 6.19. The van der Waals surface area contributed by atoms with Gasteiger partial charge >= 0.3 is 0 Å². The molecule has 7 atom stereocenters. The van der Waals surface area contributed by atoms with Crippen LogP contribution in [0.1, 0.15) is 66.7 Å². The quantitative estimate of drug-likeness (QED) is 0.550. The average Bonchev–Trinajstić information content (AvgIpc) is 2.54. The molecular formula is C22H38N2-2. The van der Waals surface area contributed by atoms with Crippen LogP contribution in [0.25, 0.3) is 10.6 Å². The van der Waals surface area contributed by atoms with Crippen molar-refractivity contribution >= 4 is 0 Å². The van der Waals surface area contributed by atoms with Crippen molar-refractivity contribution in [1.29, 1.82) is 0 Å². The Morgan fingerprint density at radius 2 is 1.92 bits per heavy atom. The summed E-state index contributed by atoms with van der Waals surface area (Å²) in [5.41, 5.74) is 1.96. The molecule has 0 saturated heterocycles. The van der Waals surface area contributed by atoms with Crippen molar-refractivity contribution in [2.75, 3.05) is 14.1 Å². The molecule has 0 aromatic heterocycles. The Balaban J connectivity index is 2.01. The molecule has 3 rings (SSSR count). The topological polar surface area (TPSA) is 28.2 Å². The van der Waals surface area contributed by atoms with Gasteiger partial charge in [0.15, 0.2) is 0 Å². The van der Waals surface area contributed by atoms with Crippen molar-refractivity contribution in [2.45, 2.75) is 77.8 Å². The third-order valence-corrected chi connectivity index (χ3v) is 8.19. The van der Waals surface area contributed by atoms with Gasteiger partial charge < -0.3 is 10.6 Å². The highest BCUT2D eigenvalue weighted by molar-refractivity contribution is 5.29. The molecule has 3 aliphatic rings. The lowest BCUT2D eigenvalue weighted by Gasteiger charge is -2.68. The Kier molecular flexibility index (Phi) is 4.94. The van der Waals surface area contributed by atoms with Gasteiger partial charge in [0.05, 0.1) is 0 Å². The zero-order valence-electron chi connectivity index (χ0n) is 17.0. The SMILES string of the molecule is C[N-]C(C)(C)CC1CC(C)C2CCC(C)C3([N-]C)CC=C(C)C1C23. The minimum Gasteiger partial charge on any atom is -0.660 e. The van der Waals surface area contributed by atoms with Gasteiger partial charge in [-0.1, -0.05) is 58.1 Å². The van der Waals surface area contributed by atoms with Crippen LogP contribution >= 0.6 is 0 Å². The third-order valence-electron chi connectivity index (χ3n) is 8.19. The number of nitrogens with zero attached hydrogens (tertiary/aromatic N) is 2. The van der Waals surface area contributed by atoms with Crippen LogP contribution < -0.4 is 0 Å². The predicted molar refractivity (Wildman–Crippen MR) is 105 cm³/mol. The summed E-state index contributed by atoms with van der Waals surface area (Å²) in [5.74, 6) is 4.69. The lowest BCUT2D eigenvalue weighted by Crippen LogP contribution is -2.59. The largest absolute Gasteiger partial charge is 0.660 e. The second kappa shape index (κ2) is 6.43. The summed E-state index contributed by atoms with van der Waals surface area (Å²) in [6.45, 7) is 12.0. The van der Waals surface area contributed by atoms with Crippen molar-refractivity contribution < 1.29 is 0 Å². The normalized spacial score (nSPS) is 45.5. The molecule has 0 spiro atoms. The van der Waals surface area contributed by atoms with Crippen molar-refractivity contribution in [2.24, 2.45) is 35.5 Å². The van der Waals surface area contributed by atoms with Gasteiger partial charge in [-0.3, -0.25) is 0 Å². The van der Waals surface area contributed by atoms with Crippen molar-refractivity contribution in [3.8, 4) is 0 Å². The summed E-state index contributed by atoms with van der Waals surface area (Å²) in [7, 11) is 4.09. The lowest BCUT2D eigenvalue weighted by molar-refractivity contribution is -0.0453. The summed E-state index contributed by atoms with van der Waals surface area (Å²) in [6.07, 6.45) is 9.11. The van der Waals surface area contributed by atoms with Crippen molar-refractivity contribution in [1.82, 2.24) is 0 Å². The second-order valence-electron chi connectivity index (χ2n) is 9.77. The smallest absolute Gasteiger partial charge is 0.0158 e. The maximum Gasteiger partial charge on any atom is -0.0158 e. The molecule has 0 aromatic carbocycles. The van der Waals surface area contributed by atoms with E-state index in [2.05, 4.69) is 53.1 Å². The summed E-state index contributed by atoms with van der Waals surface area (Å²) >= 11 is 0. The molecule has 2 nitrogen and oxygen atoms in total. The van der Waals surface area contributed by atoms with Gasteiger partial charge in [-0.25, -0.2) is 0 Å². The van der Waals surface area contributed by atoms with E-state index in [1.807, 2.05) is 7.05 Å². The molecule has 2 saturated carbocycles. The molecule has 24 heavy (non-hydrogen) atoms. The first-order chi connectivity index (χ1) is 11.3. The highest BCUT2D eigenvalue weighted by Crippen LogP contribution is 2.62. The molecule has 138 valence electrons. The molecule has 0 amide bonds. The van der Waals surface area contributed by atoms with Crippen LogP contribution in [0.3, 0.4) is 0 Å². The molecule has 2 heteroatoms. The Bertz CT molecular complexity index is 494. The third kappa shape index (κ3) is 2.78. The number of allylic oxidation sites excluding steroid dienone is 1. The van der Waals surface area contributed by atoms with Crippen LogP contribution in [0.15, 0.2) is 11.6 Å². The minimum absolute atomic E-state index is 0.0985. The summed E-state index contributed by atoms with van der Waals surface area (Å²) < 4.78 is 0. The molecule has 0 aliphatic heterocycles. The molecule has 0 heterocycles. The fraction of sp³-hybridized carbons (Fsp3) is 0.909. The Morgan fingerprint density at radius 1 is 1.21 bits per heavy atom. The van der Waals surface area contributed by atoms with Crippen LogP contribution in [0, 0.1) is 35.5 Å². The van der Waals surface area contributed by atoms with Crippen LogP contribution in [0.5, 0.6) is 0 Å². The van der Waals surface area contributed by atoms with Crippen molar-refractivity contribution in [3.63, 3.8) is 0 Å². The number of hydrogen-bond donors (Lipinski definition) is 0. The number of rotatable bonds is 4. The van der Waals surface area contributed by atoms with E-state index < -0.39 is 0 Å². The van der Waals surface area contributed by atoms with E-state index in [-0.39, 0.29) is 11.1 Å². The van der Waals surface area contributed by atoms with E-state index >= 15 is 0 Å². The van der Waals surface area contributed by atoms with Gasteiger partial charge in [-0.2, -0.15) is 14.1 Å². The molecule has 7 unspecified atom stereocenters. The van der Waals surface area contributed by atoms with Gasteiger partial charge in [0.2, 0.25) is 0 Å². The standard InChI is InChI=1S/C22H38N2/c1-14-10-11-22(24-7)16(3)8-9-18-15(2)12-17(19(14)20(18)22)13-21(4,5)23-6/h10,15-20H,8-9,11-13H2,1-7H3/q-2. The highest BCUT2D eigenvalue weighted by Gasteiger charge is 2.54. The van der Waals surface area contributed by atoms with E-state index in [1.165, 1.54) is 32.1 Å². The Morgan fingerprint density at radius 3 is 2.54 bits per heavy atom. The minimum atomic E-state index is 0.0985. The van der Waals surface area contributed by atoms with E-state index in [4.69, 9.17) is 5.32 Å². The Labute approximate surface area is 150 Å². The summed E-state index contributed by atoms with van der Waals surface area (Å²) in [5, 5.41) is 9.80. The first kappa shape index (κ1) is 18.5. The highest BCUT2D eigenvalue weighted by atomic mass is 15.0. The summed E-state index contributed by atoms with van der Waals surface area (Å²) in [4.78, 5) is 0. The first-order valence-corrected chi connectivity index (χ1v) is 10.1. The van der Waals surface area contributed by atoms with Crippen LogP contribution in [-0.2, 0) is 0 Å². The molecule has 2 fully saturated rings. The van der Waals surface area contributed by atoms with Crippen molar-refractivity contribution in [3.05, 3.63) is 22.3 Å². The second-order valence-corrected chi connectivity index (χ2v) is 9.77. The van der Waals surface area contributed by atoms with E-state index in [0.29, 0.717) is 0 Å². The molecular weight excluding hydrogens is 292 g/mol. The molecule has 0 aromatic rings. The van der Waals surface area contributed by atoms with Crippen LogP contribution in [0.4, 0.5) is 0 Å². The van der Waals surface area contributed by atoms with Crippen LogP contribution in [0.2, 0.25) is 0 Å². The molecule has 0 N–H and O–H groups in total. The van der Waals surface area contributed by atoms with Gasteiger partial charge in [-0.05, 0) is 55.8 Å². The zero-order chi connectivity index (χ0) is 17.7. The Hall–Kier alpha value is -0.340. The fourth-order valence-corrected chi connectivity index (χ4v) is 6.74. The van der Waals surface area contributed by atoms with Gasteiger partial charge in [0.25, 0.3) is 0 Å². The maximum atomic E-state index is 5.12. The summed E-state index contributed by atoms with van der Waals surface area (Å²) in [6, 6.07) is 0. The lowest BCUT2D eigenvalue weighted by atomic mass is 9.45. The molecule has 0 bridgehead atoms. The van der Waals surface area contributed by atoms with Crippen LogP contribution in [-0.4, -0.2) is 25.2 Å². The maximum absolute atomic E-state index is 5.12. The fourth-order valence-electron chi connectivity index (χ4n) is 6.74.